The largest absolute Gasteiger partial charge is 0.378 e. The predicted octanol–water partition coefficient (Wildman–Crippen LogP) is 1.95. The van der Waals surface area contributed by atoms with Gasteiger partial charge >= 0.3 is 0 Å². The number of anilines is 3. The molecular weight excluding hydrogens is 314 g/mol. The quantitative estimate of drug-likeness (QED) is 0.852. The van der Waals surface area contributed by atoms with Gasteiger partial charge in [0.1, 0.15) is 5.82 Å². The van der Waals surface area contributed by atoms with Crippen molar-refractivity contribution in [3.63, 3.8) is 0 Å². The third-order valence-corrected chi connectivity index (χ3v) is 4.98. The predicted molar refractivity (Wildman–Crippen MR) is 101 cm³/mol. The summed E-state index contributed by atoms with van der Waals surface area (Å²) in [5, 5.41) is 0. The van der Waals surface area contributed by atoms with Gasteiger partial charge in [-0.2, -0.15) is 4.98 Å². The van der Waals surface area contributed by atoms with Crippen molar-refractivity contribution < 1.29 is 4.74 Å². The van der Waals surface area contributed by atoms with Crippen LogP contribution in [0, 0.1) is 6.92 Å². The Morgan fingerprint density at radius 3 is 2.32 bits per heavy atom. The lowest BCUT2D eigenvalue weighted by atomic mass is 10.1. The molecule has 4 rings (SSSR count). The van der Waals surface area contributed by atoms with Crippen molar-refractivity contribution in [2.75, 3.05) is 67.2 Å². The van der Waals surface area contributed by atoms with Gasteiger partial charge in [-0.15, -0.1) is 0 Å². The summed E-state index contributed by atoms with van der Waals surface area (Å²) in [5.41, 5.74) is 2.67. The summed E-state index contributed by atoms with van der Waals surface area (Å²) in [6.45, 7) is 9.41. The Hall–Kier alpha value is -2.34. The smallest absolute Gasteiger partial charge is 0.227 e. The van der Waals surface area contributed by atoms with Crippen LogP contribution in [0.4, 0.5) is 17.5 Å². The van der Waals surface area contributed by atoms with Gasteiger partial charge in [0.2, 0.25) is 5.95 Å². The third-order valence-electron chi connectivity index (χ3n) is 4.98. The first-order valence-electron chi connectivity index (χ1n) is 9.02. The number of hydrogen-bond acceptors (Lipinski definition) is 6. The van der Waals surface area contributed by atoms with Gasteiger partial charge in [0, 0.05) is 51.2 Å². The molecule has 0 amide bonds. The molecule has 6 heteroatoms. The molecule has 3 heterocycles. The third kappa shape index (κ3) is 3.54. The molecule has 0 bridgehead atoms. The second kappa shape index (κ2) is 7.27. The molecule has 25 heavy (non-hydrogen) atoms. The van der Waals surface area contributed by atoms with E-state index in [0.717, 1.165) is 64.2 Å². The van der Waals surface area contributed by atoms with Gasteiger partial charge in [0.25, 0.3) is 0 Å². The molecule has 1 aromatic heterocycles. The molecule has 0 spiro atoms. The Morgan fingerprint density at radius 2 is 1.56 bits per heavy atom. The molecule has 2 saturated heterocycles. The zero-order chi connectivity index (χ0) is 17.1. The van der Waals surface area contributed by atoms with Crippen LogP contribution in [0.25, 0.3) is 0 Å². The second-order valence-corrected chi connectivity index (χ2v) is 6.57. The summed E-state index contributed by atoms with van der Waals surface area (Å²) in [7, 11) is 0. The highest BCUT2D eigenvalue weighted by atomic mass is 16.5. The molecule has 2 aromatic rings. The Morgan fingerprint density at radius 1 is 0.840 bits per heavy atom. The summed E-state index contributed by atoms with van der Waals surface area (Å²) in [6.07, 6.45) is 1.88. The lowest BCUT2D eigenvalue weighted by Crippen LogP contribution is -2.47. The van der Waals surface area contributed by atoms with E-state index in [-0.39, 0.29) is 0 Å². The van der Waals surface area contributed by atoms with Crippen LogP contribution in [0.5, 0.6) is 0 Å². The Labute approximate surface area is 149 Å². The van der Waals surface area contributed by atoms with E-state index in [2.05, 4.69) is 50.9 Å². The zero-order valence-electron chi connectivity index (χ0n) is 14.8. The highest BCUT2D eigenvalue weighted by molar-refractivity contribution is 5.54. The molecule has 0 saturated carbocycles. The number of morpholine rings is 1. The van der Waals surface area contributed by atoms with E-state index in [1.54, 1.807) is 0 Å². The first-order valence-corrected chi connectivity index (χ1v) is 9.02. The average molecular weight is 339 g/mol. The van der Waals surface area contributed by atoms with Gasteiger partial charge in [-0.05, 0) is 24.6 Å². The molecule has 132 valence electrons. The fourth-order valence-corrected chi connectivity index (χ4v) is 3.53. The van der Waals surface area contributed by atoms with Crippen molar-refractivity contribution in [3.05, 3.63) is 42.1 Å². The number of nitrogens with zero attached hydrogens (tertiary/aromatic N) is 5. The number of piperazine rings is 1. The van der Waals surface area contributed by atoms with Gasteiger partial charge in [0.05, 0.1) is 13.2 Å². The number of aromatic nitrogens is 2. The summed E-state index contributed by atoms with van der Waals surface area (Å²) in [4.78, 5) is 16.3. The van der Waals surface area contributed by atoms with Crippen LogP contribution in [0.2, 0.25) is 0 Å². The molecule has 0 atom stereocenters. The van der Waals surface area contributed by atoms with Crippen LogP contribution in [0.1, 0.15) is 5.56 Å². The summed E-state index contributed by atoms with van der Waals surface area (Å²) in [6, 6.07) is 10.6. The van der Waals surface area contributed by atoms with Gasteiger partial charge in [-0.1, -0.05) is 18.2 Å². The molecule has 6 nitrogen and oxygen atoms in total. The number of aryl methyl sites for hydroxylation is 1. The highest BCUT2D eigenvalue weighted by Gasteiger charge is 2.21. The van der Waals surface area contributed by atoms with Crippen molar-refractivity contribution in [3.8, 4) is 0 Å². The van der Waals surface area contributed by atoms with Crippen molar-refractivity contribution >= 4 is 17.5 Å². The number of benzene rings is 1. The van der Waals surface area contributed by atoms with Crippen molar-refractivity contribution in [2.45, 2.75) is 6.92 Å². The van der Waals surface area contributed by atoms with E-state index in [1.165, 1.54) is 11.3 Å². The molecule has 2 fully saturated rings. The van der Waals surface area contributed by atoms with Crippen LogP contribution in [0.3, 0.4) is 0 Å². The SMILES string of the molecule is Cc1ccccc1N1CCN(c2nccc(N3CCOCC3)n2)CC1. The zero-order valence-corrected chi connectivity index (χ0v) is 14.8. The first-order chi connectivity index (χ1) is 12.3. The average Bonchev–Trinajstić information content (AvgIpc) is 2.69. The Bertz CT molecular complexity index is 708. The monoisotopic (exact) mass is 339 g/mol. The van der Waals surface area contributed by atoms with Crippen LogP contribution in [0.15, 0.2) is 36.5 Å². The number of ether oxygens (including phenoxy) is 1. The molecule has 1 aromatic carbocycles. The normalized spacial score (nSPS) is 18.5. The number of para-hydroxylation sites is 1. The maximum atomic E-state index is 5.43. The van der Waals surface area contributed by atoms with Crippen LogP contribution < -0.4 is 14.7 Å². The number of rotatable bonds is 3. The molecule has 0 unspecified atom stereocenters. The molecule has 0 aliphatic carbocycles. The minimum Gasteiger partial charge on any atom is -0.378 e. The molecule has 2 aliphatic rings. The van der Waals surface area contributed by atoms with Crippen molar-refractivity contribution in [2.24, 2.45) is 0 Å². The molecule has 0 N–H and O–H groups in total. The van der Waals surface area contributed by atoms with E-state index in [1.807, 2.05) is 12.3 Å². The van der Waals surface area contributed by atoms with E-state index >= 15 is 0 Å². The Kier molecular flexibility index (Phi) is 4.70. The summed E-state index contributed by atoms with van der Waals surface area (Å²) >= 11 is 0. The van der Waals surface area contributed by atoms with E-state index in [0.29, 0.717) is 0 Å². The maximum Gasteiger partial charge on any atom is 0.227 e. The van der Waals surface area contributed by atoms with Crippen molar-refractivity contribution in [1.82, 2.24) is 9.97 Å². The molecule has 2 aliphatic heterocycles. The Balaban J connectivity index is 1.43. The minimum absolute atomic E-state index is 0.772. The second-order valence-electron chi connectivity index (χ2n) is 6.57. The van der Waals surface area contributed by atoms with E-state index in [9.17, 15) is 0 Å². The number of hydrogen-bond donors (Lipinski definition) is 0. The standard InChI is InChI=1S/C19H25N5O/c1-16-4-2-3-5-17(16)22-8-10-24(11-9-22)19-20-7-6-18(21-19)23-12-14-25-15-13-23/h2-7H,8-15H2,1H3. The summed E-state index contributed by atoms with van der Waals surface area (Å²) < 4.78 is 5.43. The maximum absolute atomic E-state index is 5.43. The molecular formula is C19H25N5O. The van der Waals surface area contributed by atoms with Crippen molar-refractivity contribution in [1.29, 1.82) is 0 Å². The minimum atomic E-state index is 0.772. The molecule has 0 radical (unpaired) electrons. The lowest BCUT2D eigenvalue weighted by molar-refractivity contribution is 0.122. The lowest BCUT2D eigenvalue weighted by Gasteiger charge is -2.37. The van der Waals surface area contributed by atoms with Gasteiger partial charge in [-0.3, -0.25) is 0 Å². The summed E-state index contributed by atoms with van der Waals surface area (Å²) in [5.74, 6) is 1.85. The van der Waals surface area contributed by atoms with E-state index in [4.69, 9.17) is 9.72 Å². The van der Waals surface area contributed by atoms with E-state index < -0.39 is 0 Å². The first kappa shape index (κ1) is 16.1. The van der Waals surface area contributed by atoms with Gasteiger partial charge < -0.3 is 19.4 Å². The fraction of sp³-hybridized carbons (Fsp3) is 0.474. The van der Waals surface area contributed by atoms with Crippen LogP contribution >= 0.6 is 0 Å². The van der Waals surface area contributed by atoms with Crippen LogP contribution in [-0.4, -0.2) is 62.5 Å². The fourth-order valence-electron chi connectivity index (χ4n) is 3.53. The highest BCUT2D eigenvalue weighted by Crippen LogP contribution is 2.23. The van der Waals surface area contributed by atoms with Gasteiger partial charge in [-0.25, -0.2) is 4.98 Å². The van der Waals surface area contributed by atoms with Crippen LogP contribution in [-0.2, 0) is 4.74 Å². The van der Waals surface area contributed by atoms with Gasteiger partial charge in [0.15, 0.2) is 0 Å². The topological polar surface area (TPSA) is 44.7 Å².